The summed E-state index contributed by atoms with van der Waals surface area (Å²) in [6.07, 6.45) is 8.21. The highest BCUT2D eigenvalue weighted by atomic mass is 79.9. The molecule has 94 valence electrons. The van der Waals surface area contributed by atoms with Crippen LogP contribution in [0.15, 0.2) is 0 Å². The minimum atomic E-state index is 0.243. The standard InChI is InChI=1S/C13H24BrNO/c1-10(14)8-11(2)15-13(16)9-12-6-4-3-5-7-12/h10-12H,3-9H2,1-2H3,(H,15,16). The molecule has 1 aliphatic carbocycles. The summed E-state index contributed by atoms with van der Waals surface area (Å²) in [6, 6.07) is 0.283. The first kappa shape index (κ1) is 14.0. The normalized spacial score (nSPS) is 21.4. The summed E-state index contributed by atoms with van der Waals surface area (Å²) < 4.78 is 0. The molecule has 2 unspecified atom stereocenters. The van der Waals surface area contributed by atoms with Crippen LogP contribution in [0, 0.1) is 5.92 Å². The Balaban J connectivity index is 2.18. The summed E-state index contributed by atoms with van der Waals surface area (Å²) in [6.45, 7) is 4.19. The lowest BCUT2D eigenvalue weighted by molar-refractivity contribution is -0.122. The maximum atomic E-state index is 11.8. The predicted molar refractivity (Wildman–Crippen MR) is 71.8 cm³/mol. The Kier molecular flexibility index (Phi) is 6.40. The van der Waals surface area contributed by atoms with Crippen LogP contribution >= 0.6 is 15.9 Å². The zero-order valence-corrected chi connectivity index (χ0v) is 12.1. The van der Waals surface area contributed by atoms with Crippen molar-refractivity contribution in [1.82, 2.24) is 5.32 Å². The van der Waals surface area contributed by atoms with Crippen molar-refractivity contribution in [2.24, 2.45) is 5.92 Å². The van der Waals surface area contributed by atoms with Gasteiger partial charge < -0.3 is 5.32 Å². The number of hydrogen-bond acceptors (Lipinski definition) is 1. The highest BCUT2D eigenvalue weighted by Gasteiger charge is 2.18. The molecule has 1 rings (SSSR count). The summed E-state index contributed by atoms with van der Waals surface area (Å²) in [5.41, 5.74) is 0. The molecule has 0 aliphatic heterocycles. The number of halogens is 1. The lowest BCUT2D eigenvalue weighted by atomic mass is 9.87. The van der Waals surface area contributed by atoms with Gasteiger partial charge in [0.1, 0.15) is 0 Å². The largest absolute Gasteiger partial charge is 0.354 e. The predicted octanol–water partition coefficient (Wildman–Crippen LogP) is 3.64. The average Bonchev–Trinajstić information content (AvgIpc) is 2.17. The molecule has 2 nitrogen and oxygen atoms in total. The number of carbonyl (C=O) groups is 1. The number of rotatable bonds is 5. The fourth-order valence-electron chi connectivity index (χ4n) is 2.53. The van der Waals surface area contributed by atoms with Gasteiger partial charge in [-0.05, 0) is 32.1 Å². The van der Waals surface area contributed by atoms with Crippen LogP contribution in [-0.2, 0) is 4.79 Å². The molecule has 1 fully saturated rings. The third kappa shape index (κ3) is 5.88. The van der Waals surface area contributed by atoms with E-state index in [0.717, 1.165) is 12.8 Å². The second-order valence-electron chi connectivity index (χ2n) is 5.19. The number of nitrogens with one attached hydrogen (secondary N) is 1. The Morgan fingerprint density at radius 1 is 1.31 bits per heavy atom. The SMILES string of the molecule is CC(Br)CC(C)NC(=O)CC1CCCCC1. The summed E-state index contributed by atoms with van der Waals surface area (Å²) in [7, 11) is 0. The molecular weight excluding hydrogens is 266 g/mol. The van der Waals surface area contributed by atoms with Crippen LogP contribution in [0.4, 0.5) is 0 Å². The third-order valence-corrected chi connectivity index (χ3v) is 3.66. The maximum absolute atomic E-state index is 11.8. The van der Waals surface area contributed by atoms with E-state index in [4.69, 9.17) is 0 Å². The summed E-state index contributed by atoms with van der Waals surface area (Å²) in [4.78, 5) is 12.2. The summed E-state index contributed by atoms with van der Waals surface area (Å²) >= 11 is 3.51. The Hall–Kier alpha value is -0.0500. The molecule has 2 atom stereocenters. The molecule has 1 saturated carbocycles. The molecule has 1 amide bonds. The first-order valence-electron chi connectivity index (χ1n) is 6.51. The van der Waals surface area contributed by atoms with E-state index >= 15 is 0 Å². The first-order chi connectivity index (χ1) is 7.58. The molecule has 0 spiro atoms. The van der Waals surface area contributed by atoms with E-state index in [2.05, 4.69) is 35.1 Å². The Bertz CT molecular complexity index is 212. The summed E-state index contributed by atoms with van der Waals surface area (Å²) in [5, 5.41) is 3.09. The Morgan fingerprint density at radius 2 is 1.94 bits per heavy atom. The second-order valence-corrected chi connectivity index (χ2v) is 6.76. The molecule has 0 heterocycles. The van der Waals surface area contributed by atoms with Crippen LogP contribution < -0.4 is 5.32 Å². The van der Waals surface area contributed by atoms with E-state index in [-0.39, 0.29) is 11.9 Å². The fourth-order valence-corrected chi connectivity index (χ4v) is 3.09. The van der Waals surface area contributed by atoms with E-state index < -0.39 is 0 Å². The molecule has 0 aromatic rings. The lowest BCUT2D eigenvalue weighted by Gasteiger charge is -2.22. The van der Waals surface area contributed by atoms with Crippen molar-refractivity contribution >= 4 is 21.8 Å². The van der Waals surface area contributed by atoms with Crippen LogP contribution in [0.25, 0.3) is 0 Å². The van der Waals surface area contributed by atoms with Crippen molar-refractivity contribution in [2.75, 3.05) is 0 Å². The van der Waals surface area contributed by atoms with E-state index in [1.807, 2.05) is 0 Å². The van der Waals surface area contributed by atoms with Gasteiger partial charge in [0.2, 0.25) is 5.91 Å². The van der Waals surface area contributed by atoms with E-state index in [1.54, 1.807) is 0 Å². The Morgan fingerprint density at radius 3 is 2.50 bits per heavy atom. The van der Waals surface area contributed by atoms with Gasteiger partial charge in [0.25, 0.3) is 0 Å². The van der Waals surface area contributed by atoms with Gasteiger partial charge in [-0.2, -0.15) is 0 Å². The van der Waals surface area contributed by atoms with Crippen LogP contribution in [0.3, 0.4) is 0 Å². The molecule has 0 bridgehead atoms. The van der Waals surface area contributed by atoms with Crippen LogP contribution in [-0.4, -0.2) is 16.8 Å². The quantitative estimate of drug-likeness (QED) is 0.770. The minimum absolute atomic E-state index is 0.243. The van der Waals surface area contributed by atoms with E-state index in [1.165, 1.54) is 32.1 Å². The third-order valence-electron chi connectivity index (χ3n) is 3.28. The van der Waals surface area contributed by atoms with Gasteiger partial charge in [-0.3, -0.25) is 4.79 Å². The number of alkyl halides is 1. The van der Waals surface area contributed by atoms with Gasteiger partial charge >= 0.3 is 0 Å². The minimum Gasteiger partial charge on any atom is -0.354 e. The molecule has 1 N–H and O–H groups in total. The van der Waals surface area contributed by atoms with Crippen molar-refractivity contribution in [3.63, 3.8) is 0 Å². The van der Waals surface area contributed by atoms with Gasteiger partial charge in [0, 0.05) is 17.3 Å². The number of carbonyl (C=O) groups excluding carboxylic acids is 1. The van der Waals surface area contributed by atoms with E-state index in [9.17, 15) is 4.79 Å². The highest BCUT2D eigenvalue weighted by molar-refractivity contribution is 9.09. The monoisotopic (exact) mass is 289 g/mol. The van der Waals surface area contributed by atoms with E-state index in [0.29, 0.717) is 10.7 Å². The first-order valence-corrected chi connectivity index (χ1v) is 7.43. The van der Waals surface area contributed by atoms with Crippen molar-refractivity contribution in [3.8, 4) is 0 Å². The van der Waals surface area contributed by atoms with Crippen molar-refractivity contribution in [3.05, 3.63) is 0 Å². The molecule has 0 saturated heterocycles. The van der Waals surface area contributed by atoms with Crippen LogP contribution in [0.5, 0.6) is 0 Å². The molecule has 0 aromatic carbocycles. The fraction of sp³-hybridized carbons (Fsp3) is 0.923. The molecule has 16 heavy (non-hydrogen) atoms. The molecule has 0 aromatic heterocycles. The second kappa shape index (κ2) is 7.31. The van der Waals surface area contributed by atoms with Gasteiger partial charge in [0.15, 0.2) is 0 Å². The van der Waals surface area contributed by atoms with Crippen LogP contribution in [0.2, 0.25) is 0 Å². The van der Waals surface area contributed by atoms with Crippen LogP contribution in [0.1, 0.15) is 58.8 Å². The smallest absolute Gasteiger partial charge is 0.220 e. The van der Waals surface area contributed by atoms with Crippen molar-refractivity contribution < 1.29 is 4.79 Å². The van der Waals surface area contributed by atoms with Gasteiger partial charge in [-0.25, -0.2) is 0 Å². The molecular formula is C13H24BrNO. The number of hydrogen-bond donors (Lipinski definition) is 1. The topological polar surface area (TPSA) is 29.1 Å². The van der Waals surface area contributed by atoms with Gasteiger partial charge in [0.05, 0.1) is 0 Å². The maximum Gasteiger partial charge on any atom is 0.220 e. The van der Waals surface area contributed by atoms with Gasteiger partial charge in [-0.15, -0.1) is 0 Å². The van der Waals surface area contributed by atoms with Crippen molar-refractivity contribution in [1.29, 1.82) is 0 Å². The number of amides is 1. The lowest BCUT2D eigenvalue weighted by Crippen LogP contribution is -2.35. The highest BCUT2D eigenvalue weighted by Crippen LogP contribution is 2.26. The zero-order chi connectivity index (χ0) is 12.0. The average molecular weight is 290 g/mol. The Labute approximate surface area is 108 Å². The summed E-state index contributed by atoms with van der Waals surface area (Å²) in [5.74, 6) is 0.884. The molecule has 1 aliphatic rings. The molecule has 0 radical (unpaired) electrons. The zero-order valence-electron chi connectivity index (χ0n) is 10.5. The van der Waals surface area contributed by atoms with Gasteiger partial charge in [-0.1, -0.05) is 42.1 Å². The van der Waals surface area contributed by atoms with Crippen molar-refractivity contribution in [2.45, 2.75) is 69.7 Å². The molecule has 3 heteroatoms.